The van der Waals surface area contributed by atoms with E-state index in [4.69, 9.17) is 4.74 Å². The van der Waals surface area contributed by atoms with Gasteiger partial charge >= 0.3 is 0 Å². The molecule has 3 heterocycles. The van der Waals surface area contributed by atoms with Gasteiger partial charge in [0, 0.05) is 48.0 Å². The van der Waals surface area contributed by atoms with Crippen molar-refractivity contribution in [3.05, 3.63) is 88.4 Å². The number of thiophene rings is 1. The van der Waals surface area contributed by atoms with Crippen molar-refractivity contribution >= 4 is 23.2 Å². The Morgan fingerprint density at radius 3 is 2.17 bits per heavy atom. The summed E-state index contributed by atoms with van der Waals surface area (Å²) in [6.07, 6.45) is 12.4. The summed E-state index contributed by atoms with van der Waals surface area (Å²) in [6, 6.07) is 20.1. The fourth-order valence-corrected chi connectivity index (χ4v) is 6.93. The fourth-order valence-electron chi connectivity index (χ4n) is 5.95. The SMILES string of the molecule is CCCCCCCOc1ccc(-c2cnc(-c3ccc(CC(CNC(=O)c4ccc(C(C)(C)C)s4)C(=O)N4CCCC4)cc3)nc2)cc1. The highest BCUT2D eigenvalue weighted by molar-refractivity contribution is 7.14. The van der Waals surface area contributed by atoms with Gasteiger partial charge in [-0.05, 0) is 66.5 Å². The molecule has 0 saturated carbocycles. The summed E-state index contributed by atoms with van der Waals surface area (Å²) in [7, 11) is 0. The Kier molecular flexibility index (Phi) is 12.4. The van der Waals surface area contributed by atoms with Gasteiger partial charge < -0.3 is 15.0 Å². The van der Waals surface area contributed by atoms with Crippen LogP contribution in [0.2, 0.25) is 0 Å². The Morgan fingerprint density at radius 1 is 0.854 bits per heavy atom. The third-order valence-corrected chi connectivity index (χ3v) is 10.4. The van der Waals surface area contributed by atoms with Crippen LogP contribution in [0, 0.1) is 5.92 Å². The molecule has 1 unspecified atom stereocenters. The quantitative estimate of drug-likeness (QED) is 0.128. The Hall–Kier alpha value is -4.04. The normalized spacial score (nSPS) is 13.8. The standard InChI is InChI=1S/C40H50N4O3S/c1-5-6-7-8-11-24-47-34-18-16-30(17-19-34)33-27-41-37(42-28-33)31-14-12-29(13-15-31)25-32(39(46)44-22-9-10-23-44)26-43-38(45)35-20-21-36(48-35)40(2,3)4/h12-21,27-28,32H,5-11,22-26H2,1-4H3,(H,43,45). The predicted octanol–water partition coefficient (Wildman–Crippen LogP) is 8.73. The molecule has 2 aromatic heterocycles. The lowest BCUT2D eigenvalue weighted by Crippen LogP contribution is -2.41. The summed E-state index contributed by atoms with van der Waals surface area (Å²) in [4.78, 5) is 39.7. The molecule has 1 saturated heterocycles. The summed E-state index contributed by atoms with van der Waals surface area (Å²) in [5.41, 5.74) is 3.93. The molecular formula is C40H50N4O3S. The summed E-state index contributed by atoms with van der Waals surface area (Å²) in [5, 5.41) is 3.06. The number of ether oxygens (including phenoxy) is 1. The fraction of sp³-hybridized carbons (Fsp3) is 0.450. The summed E-state index contributed by atoms with van der Waals surface area (Å²) >= 11 is 1.52. The second kappa shape index (κ2) is 16.9. The van der Waals surface area contributed by atoms with E-state index < -0.39 is 0 Å². The van der Waals surface area contributed by atoms with E-state index in [9.17, 15) is 9.59 Å². The van der Waals surface area contributed by atoms with Gasteiger partial charge in [-0.25, -0.2) is 9.97 Å². The van der Waals surface area contributed by atoms with Crippen LogP contribution in [-0.4, -0.2) is 52.9 Å². The average Bonchev–Trinajstić information content (AvgIpc) is 3.83. The Labute approximate surface area is 290 Å². The van der Waals surface area contributed by atoms with Gasteiger partial charge in [0.25, 0.3) is 5.91 Å². The Morgan fingerprint density at radius 2 is 1.52 bits per heavy atom. The van der Waals surface area contributed by atoms with Crippen LogP contribution in [0.4, 0.5) is 0 Å². The third kappa shape index (κ3) is 9.75. The van der Waals surface area contributed by atoms with Crippen molar-refractivity contribution in [1.29, 1.82) is 0 Å². The predicted molar refractivity (Wildman–Crippen MR) is 196 cm³/mol. The van der Waals surface area contributed by atoms with Crippen LogP contribution in [0.3, 0.4) is 0 Å². The van der Waals surface area contributed by atoms with Crippen molar-refractivity contribution in [3.63, 3.8) is 0 Å². The van der Waals surface area contributed by atoms with Crippen molar-refractivity contribution in [2.45, 2.75) is 84.5 Å². The van der Waals surface area contributed by atoms with Crippen LogP contribution in [0.1, 0.15) is 92.8 Å². The topological polar surface area (TPSA) is 84.4 Å². The molecule has 254 valence electrons. The molecule has 48 heavy (non-hydrogen) atoms. The first-order valence-corrected chi connectivity index (χ1v) is 18.3. The van der Waals surface area contributed by atoms with Crippen LogP contribution in [0.25, 0.3) is 22.5 Å². The molecule has 1 N–H and O–H groups in total. The molecule has 1 aliphatic rings. The molecule has 0 bridgehead atoms. The first-order chi connectivity index (χ1) is 23.2. The highest BCUT2D eigenvalue weighted by Crippen LogP contribution is 2.30. The Bertz CT molecular complexity index is 1600. The van der Waals surface area contributed by atoms with Crippen LogP contribution < -0.4 is 10.1 Å². The molecule has 2 amide bonds. The first-order valence-electron chi connectivity index (χ1n) is 17.5. The third-order valence-electron chi connectivity index (χ3n) is 8.90. The maximum absolute atomic E-state index is 13.5. The maximum atomic E-state index is 13.5. The van der Waals surface area contributed by atoms with Gasteiger partial charge in [0.05, 0.1) is 17.4 Å². The summed E-state index contributed by atoms with van der Waals surface area (Å²) in [6.45, 7) is 11.3. The van der Waals surface area contributed by atoms with Gasteiger partial charge in [-0.3, -0.25) is 9.59 Å². The molecule has 1 atom stereocenters. The van der Waals surface area contributed by atoms with E-state index in [1.54, 1.807) is 0 Å². The molecular weight excluding hydrogens is 617 g/mol. The minimum Gasteiger partial charge on any atom is -0.494 e. The van der Waals surface area contributed by atoms with Crippen LogP contribution in [-0.2, 0) is 16.6 Å². The molecule has 0 aliphatic carbocycles. The molecule has 1 aliphatic heterocycles. The molecule has 5 rings (SSSR count). The zero-order valence-electron chi connectivity index (χ0n) is 29.0. The van der Waals surface area contributed by atoms with Gasteiger partial charge in [-0.15, -0.1) is 11.3 Å². The highest BCUT2D eigenvalue weighted by atomic mass is 32.1. The van der Waals surface area contributed by atoms with Crippen LogP contribution in [0.5, 0.6) is 5.75 Å². The molecule has 8 heteroatoms. The number of benzene rings is 2. The Balaban J connectivity index is 1.18. The number of unbranched alkanes of at least 4 members (excludes halogenated alkanes) is 4. The second-order valence-corrected chi connectivity index (χ2v) is 14.9. The number of hydrogen-bond acceptors (Lipinski definition) is 6. The number of carbonyl (C=O) groups is 2. The molecule has 7 nitrogen and oxygen atoms in total. The van der Waals surface area contributed by atoms with E-state index in [1.807, 2.05) is 78.0 Å². The van der Waals surface area contributed by atoms with Crippen LogP contribution >= 0.6 is 11.3 Å². The zero-order chi connectivity index (χ0) is 33.9. The van der Waals surface area contributed by atoms with Gasteiger partial charge in [-0.1, -0.05) is 89.8 Å². The van der Waals surface area contributed by atoms with E-state index >= 15 is 0 Å². The lowest BCUT2D eigenvalue weighted by molar-refractivity contribution is -0.134. The summed E-state index contributed by atoms with van der Waals surface area (Å²) < 4.78 is 5.91. The number of likely N-dealkylation sites (tertiary alicyclic amines) is 1. The van der Waals surface area contributed by atoms with Crippen LogP contribution in [0.15, 0.2) is 73.1 Å². The maximum Gasteiger partial charge on any atom is 0.261 e. The monoisotopic (exact) mass is 666 g/mol. The summed E-state index contributed by atoms with van der Waals surface area (Å²) in [5.74, 6) is 1.19. The molecule has 1 fully saturated rings. The minimum absolute atomic E-state index is 0.00852. The van der Waals surface area contributed by atoms with Gasteiger partial charge in [0.1, 0.15) is 5.75 Å². The zero-order valence-corrected chi connectivity index (χ0v) is 29.8. The van der Waals surface area contributed by atoms with Crippen molar-refractivity contribution in [1.82, 2.24) is 20.2 Å². The number of aromatic nitrogens is 2. The van der Waals surface area contributed by atoms with E-state index in [0.29, 0.717) is 23.7 Å². The minimum atomic E-state index is -0.335. The lowest BCUT2D eigenvalue weighted by Gasteiger charge is -2.23. The number of hydrogen-bond donors (Lipinski definition) is 1. The van der Waals surface area contributed by atoms with E-state index in [2.05, 4.69) is 43.0 Å². The van der Waals surface area contributed by atoms with Gasteiger partial charge in [0.2, 0.25) is 5.91 Å². The molecule has 2 aromatic carbocycles. The second-order valence-electron chi connectivity index (χ2n) is 13.8. The average molecular weight is 667 g/mol. The number of carbonyl (C=O) groups excluding carboxylic acids is 2. The largest absolute Gasteiger partial charge is 0.494 e. The van der Waals surface area contributed by atoms with E-state index in [0.717, 1.165) is 67.0 Å². The van der Waals surface area contributed by atoms with Gasteiger partial charge in [-0.2, -0.15) is 0 Å². The molecule has 0 radical (unpaired) electrons. The van der Waals surface area contributed by atoms with Crippen molar-refractivity contribution in [2.75, 3.05) is 26.2 Å². The molecule has 4 aromatic rings. The molecule has 0 spiro atoms. The van der Waals surface area contributed by atoms with E-state index in [-0.39, 0.29) is 23.1 Å². The number of amides is 2. The van der Waals surface area contributed by atoms with Crippen molar-refractivity contribution < 1.29 is 14.3 Å². The van der Waals surface area contributed by atoms with Crippen molar-refractivity contribution in [3.8, 4) is 28.3 Å². The smallest absolute Gasteiger partial charge is 0.261 e. The van der Waals surface area contributed by atoms with Crippen molar-refractivity contribution in [2.24, 2.45) is 5.92 Å². The number of nitrogens with one attached hydrogen (secondary N) is 1. The lowest BCUT2D eigenvalue weighted by atomic mass is 9.95. The highest BCUT2D eigenvalue weighted by Gasteiger charge is 2.28. The van der Waals surface area contributed by atoms with Gasteiger partial charge in [0.15, 0.2) is 5.82 Å². The number of nitrogens with zero attached hydrogens (tertiary/aromatic N) is 3. The van der Waals surface area contributed by atoms with E-state index in [1.165, 1.54) is 41.9 Å². The first kappa shape index (κ1) is 35.3. The number of rotatable bonds is 15.